The molecule has 0 spiro atoms. The van der Waals surface area contributed by atoms with E-state index in [0.29, 0.717) is 28.5 Å². The van der Waals surface area contributed by atoms with Gasteiger partial charge in [0.1, 0.15) is 5.82 Å². The number of nitrogens with one attached hydrogen (secondary N) is 1. The van der Waals surface area contributed by atoms with E-state index < -0.39 is 0 Å². The van der Waals surface area contributed by atoms with Gasteiger partial charge < -0.3 is 16.0 Å². The van der Waals surface area contributed by atoms with Crippen molar-refractivity contribution in [3.05, 3.63) is 70.4 Å². The summed E-state index contributed by atoms with van der Waals surface area (Å²) in [6.07, 6.45) is 5.54. The van der Waals surface area contributed by atoms with Crippen LogP contribution in [0.15, 0.2) is 48.7 Å². The van der Waals surface area contributed by atoms with Gasteiger partial charge in [-0.05, 0) is 62.3 Å². The lowest BCUT2D eigenvalue weighted by molar-refractivity contribution is 0.0946. The van der Waals surface area contributed by atoms with E-state index in [9.17, 15) is 4.79 Å². The van der Waals surface area contributed by atoms with Crippen LogP contribution in [0.4, 0.5) is 5.82 Å². The van der Waals surface area contributed by atoms with Gasteiger partial charge in [-0.25, -0.2) is 4.98 Å². The molecule has 1 fully saturated rings. The summed E-state index contributed by atoms with van der Waals surface area (Å²) >= 11 is 6.14. The summed E-state index contributed by atoms with van der Waals surface area (Å²) < 4.78 is 0. The number of carbonyl (C=O) groups excluding carboxylic acids is 1. The summed E-state index contributed by atoms with van der Waals surface area (Å²) in [7, 11) is 0. The molecule has 0 bridgehead atoms. The maximum atomic E-state index is 12.4. The largest absolute Gasteiger partial charge is 0.383 e. The molecule has 1 amide bonds. The molecule has 31 heavy (non-hydrogen) atoms. The number of benzene rings is 2. The molecule has 3 aromatic rings. The smallest absolute Gasteiger partial charge is 0.251 e. The van der Waals surface area contributed by atoms with Crippen molar-refractivity contribution in [2.24, 2.45) is 0 Å². The number of hydrogen-bond acceptors (Lipinski definition) is 4. The second kappa shape index (κ2) is 9.82. The number of nitrogens with zero attached hydrogens (tertiary/aromatic N) is 2. The molecule has 2 aromatic carbocycles. The van der Waals surface area contributed by atoms with E-state index in [1.165, 1.54) is 19.3 Å². The quantitative estimate of drug-likeness (QED) is 0.609. The standard InChI is InChI=1S/C25H25ClN4O/c26-21-10-9-20-17-29-24(27)22(23(20)16-21)11-6-18-4-7-19(8-5-18)25(31)28-12-15-30-13-2-1-3-14-30/h4-5,7-10,16-17H,1-3,12-15H2,(H2,27,29)(H,28,31). The fourth-order valence-electron chi connectivity index (χ4n) is 3.78. The molecule has 6 heteroatoms. The Morgan fingerprint density at radius 2 is 1.87 bits per heavy atom. The van der Waals surface area contributed by atoms with Crippen molar-refractivity contribution >= 4 is 34.1 Å². The van der Waals surface area contributed by atoms with Crippen LogP contribution < -0.4 is 11.1 Å². The zero-order chi connectivity index (χ0) is 21.6. The fourth-order valence-corrected chi connectivity index (χ4v) is 3.95. The average molecular weight is 433 g/mol. The number of halogens is 1. The van der Waals surface area contributed by atoms with Crippen LogP contribution in [0.2, 0.25) is 5.02 Å². The summed E-state index contributed by atoms with van der Waals surface area (Å²) in [5.74, 6) is 6.54. The molecule has 0 atom stereocenters. The third-order valence-electron chi connectivity index (χ3n) is 5.52. The number of aromatic nitrogens is 1. The topological polar surface area (TPSA) is 71.2 Å². The number of fused-ring (bicyclic) bond motifs is 1. The predicted octanol–water partition coefficient (Wildman–Crippen LogP) is 4.09. The maximum Gasteiger partial charge on any atom is 0.251 e. The first-order valence-electron chi connectivity index (χ1n) is 10.6. The van der Waals surface area contributed by atoms with E-state index in [1.807, 2.05) is 30.3 Å². The average Bonchev–Trinajstić information content (AvgIpc) is 2.79. The Balaban J connectivity index is 1.42. The van der Waals surface area contributed by atoms with E-state index in [0.717, 1.165) is 36.0 Å². The van der Waals surface area contributed by atoms with Crippen molar-refractivity contribution in [2.75, 3.05) is 31.9 Å². The lowest BCUT2D eigenvalue weighted by Crippen LogP contribution is -2.37. The first kappa shape index (κ1) is 21.2. The van der Waals surface area contributed by atoms with E-state index in [2.05, 4.69) is 27.0 Å². The molecule has 3 N–H and O–H groups in total. The molecule has 158 valence electrons. The number of pyridine rings is 1. The summed E-state index contributed by atoms with van der Waals surface area (Å²) in [4.78, 5) is 19.0. The van der Waals surface area contributed by atoms with Crippen LogP contribution in [0.3, 0.4) is 0 Å². The number of nitrogens with two attached hydrogens (primary N) is 1. The van der Waals surface area contributed by atoms with Crippen molar-refractivity contribution in [3.8, 4) is 11.8 Å². The normalized spacial score (nSPS) is 14.1. The van der Waals surface area contributed by atoms with Gasteiger partial charge >= 0.3 is 0 Å². The fraction of sp³-hybridized carbons (Fsp3) is 0.280. The first-order chi connectivity index (χ1) is 15.1. The molecule has 0 aliphatic carbocycles. The van der Waals surface area contributed by atoms with Crippen molar-refractivity contribution in [2.45, 2.75) is 19.3 Å². The number of hydrogen-bond donors (Lipinski definition) is 2. The first-order valence-corrected chi connectivity index (χ1v) is 10.9. The second-order valence-corrected chi connectivity index (χ2v) is 8.17. The number of piperidine rings is 1. The summed E-state index contributed by atoms with van der Waals surface area (Å²) in [5, 5.41) is 5.43. The van der Waals surface area contributed by atoms with Gasteiger partial charge in [-0.3, -0.25) is 4.79 Å². The number of nitrogen functional groups attached to an aromatic ring is 1. The molecule has 2 heterocycles. The van der Waals surface area contributed by atoms with Crippen molar-refractivity contribution < 1.29 is 4.79 Å². The molecule has 1 aliphatic rings. The maximum absolute atomic E-state index is 12.4. The van der Waals surface area contributed by atoms with Gasteiger partial charge in [0.25, 0.3) is 5.91 Å². The molecular weight excluding hydrogens is 408 g/mol. The van der Waals surface area contributed by atoms with E-state index in [1.54, 1.807) is 18.3 Å². The Kier molecular flexibility index (Phi) is 6.71. The third-order valence-corrected chi connectivity index (χ3v) is 5.76. The Hall–Kier alpha value is -3.07. The van der Waals surface area contributed by atoms with Crippen LogP contribution in [0.25, 0.3) is 10.8 Å². The molecular formula is C25H25ClN4O. The van der Waals surface area contributed by atoms with Gasteiger partial charge in [0.2, 0.25) is 0 Å². The van der Waals surface area contributed by atoms with E-state index >= 15 is 0 Å². The summed E-state index contributed by atoms with van der Waals surface area (Å²) in [6, 6.07) is 12.8. The predicted molar refractivity (Wildman–Crippen MR) is 126 cm³/mol. The molecule has 1 aromatic heterocycles. The van der Waals surface area contributed by atoms with Crippen LogP contribution >= 0.6 is 11.6 Å². The summed E-state index contributed by atoms with van der Waals surface area (Å²) in [5.41, 5.74) is 8.13. The number of anilines is 1. The highest BCUT2D eigenvalue weighted by molar-refractivity contribution is 6.31. The Morgan fingerprint density at radius 1 is 1.10 bits per heavy atom. The molecule has 0 unspecified atom stereocenters. The molecule has 4 rings (SSSR count). The van der Waals surface area contributed by atoms with Gasteiger partial charge in [0.15, 0.2) is 0 Å². The minimum Gasteiger partial charge on any atom is -0.383 e. The number of carbonyl (C=O) groups is 1. The highest BCUT2D eigenvalue weighted by Crippen LogP contribution is 2.24. The SMILES string of the molecule is Nc1ncc2ccc(Cl)cc2c1C#Cc1ccc(C(=O)NCCN2CCCCC2)cc1. The van der Waals surface area contributed by atoms with E-state index in [4.69, 9.17) is 17.3 Å². The van der Waals surface area contributed by atoms with Gasteiger partial charge in [0, 0.05) is 46.2 Å². The Bertz CT molecular complexity index is 1140. The van der Waals surface area contributed by atoms with Gasteiger partial charge in [-0.15, -0.1) is 0 Å². The molecule has 0 radical (unpaired) electrons. The van der Waals surface area contributed by atoms with Crippen molar-refractivity contribution in [1.29, 1.82) is 0 Å². The van der Waals surface area contributed by atoms with Crippen LogP contribution in [0.5, 0.6) is 0 Å². The zero-order valence-electron chi connectivity index (χ0n) is 17.3. The van der Waals surface area contributed by atoms with Crippen molar-refractivity contribution in [1.82, 2.24) is 15.2 Å². The number of rotatable bonds is 4. The van der Waals surface area contributed by atoms with Crippen LogP contribution in [-0.2, 0) is 0 Å². The third kappa shape index (κ3) is 5.35. The molecule has 0 saturated carbocycles. The highest BCUT2D eigenvalue weighted by Gasteiger charge is 2.11. The molecule has 1 saturated heterocycles. The lowest BCUT2D eigenvalue weighted by Gasteiger charge is -2.26. The van der Waals surface area contributed by atoms with Crippen molar-refractivity contribution in [3.63, 3.8) is 0 Å². The highest BCUT2D eigenvalue weighted by atomic mass is 35.5. The molecule has 5 nitrogen and oxygen atoms in total. The van der Waals surface area contributed by atoms with Crippen LogP contribution in [0.1, 0.15) is 40.7 Å². The second-order valence-electron chi connectivity index (χ2n) is 7.74. The number of amides is 1. The number of likely N-dealkylation sites (tertiary alicyclic amines) is 1. The lowest BCUT2D eigenvalue weighted by atomic mass is 10.1. The van der Waals surface area contributed by atoms with Gasteiger partial charge in [-0.2, -0.15) is 0 Å². The van der Waals surface area contributed by atoms with Crippen LogP contribution in [0, 0.1) is 11.8 Å². The minimum atomic E-state index is -0.0614. The van der Waals surface area contributed by atoms with Gasteiger partial charge in [0.05, 0.1) is 5.56 Å². The van der Waals surface area contributed by atoms with Crippen LogP contribution in [-0.4, -0.2) is 42.0 Å². The Labute approximate surface area is 187 Å². The minimum absolute atomic E-state index is 0.0614. The monoisotopic (exact) mass is 432 g/mol. The van der Waals surface area contributed by atoms with E-state index in [-0.39, 0.29) is 5.91 Å². The zero-order valence-corrected chi connectivity index (χ0v) is 18.1. The summed E-state index contributed by atoms with van der Waals surface area (Å²) in [6.45, 7) is 3.83. The Morgan fingerprint density at radius 3 is 2.65 bits per heavy atom. The molecule has 1 aliphatic heterocycles. The van der Waals surface area contributed by atoms with Gasteiger partial charge in [-0.1, -0.05) is 35.9 Å².